The summed E-state index contributed by atoms with van der Waals surface area (Å²) in [4.78, 5) is 25.2. The molecule has 0 aromatic rings. The second kappa shape index (κ2) is 4.74. The van der Waals surface area contributed by atoms with Gasteiger partial charge in [-0.3, -0.25) is 9.59 Å². The maximum Gasteiger partial charge on any atom is 0.309 e. The Labute approximate surface area is 148 Å². The Morgan fingerprint density at radius 2 is 1.88 bits per heavy atom. The fraction of sp³-hybridized carbons (Fsp3) is 0.800. The van der Waals surface area contributed by atoms with E-state index in [4.69, 9.17) is 0 Å². The van der Waals surface area contributed by atoms with E-state index in [1.807, 2.05) is 6.92 Å². The van der Waals surface area contributed by atoms with Crippen LogP contribution in [0.1, 0.15) is 58.8 Å². The first-order valence-electron chi connectivity index (χ1n) is 9.41. The first-order chi connectivity index (χ1) is 11.5. The summed E-state index contributed by atoms with van der Waals surface area (Å²) in [7, 11) is 0. The predicted molar refractivity (Wildman–Crippen MR) is 90.7 cm³/mol. The highest BCUT2D eigenvalue weighted by Gasteiger charge is 2.77. The number of hydrogen-bond donors (Lipinski definition) is 3. The van der Waals surface area contributed by atoms with Crippen molar-refractivity contribution >= 4 is 11.8 Å². The van der Waals surface area contributed by atoms with Gasteiger partial charge in [0.1, 0.15) is 0 Å². The highest BCUT2D eigenvalue weighted by molar-refractivity contribution is 6.04. The highest BCUT2D eigenvalue weighted by Crippen LogP contribution is 2.72. The molecule has 4 fully saturated rings. The van der Waals surface area contributed by atoms with Gasteiger partial charge in [0.2, 0.25) is 0 Å². The molecule has 0 heterocycles. The number of rotatable bonds is 1. The lowest BCUT2D eigenvalue weighted by Crippen LogP contribution is -2.73. The Bertz CT molecular complexity index is 686. The van der Waals surface area contributed by atoms with Crippen molar-refractivity contribution in [2.24, 2.45) is 28.1 Å². The lowest BCUT2D eigenvalue weighted by atomic mass is 9.38. The lowest BCUT2D eigenvalue weighted by molar-refractivity contribution is -0.280. The molecule has 4 rings (SSSR count). The molecule has 0 aromatic heterocycles. The second-order valence-corrected chi connectivity index (χ2v) is 9.48. The summed E-state index contributed by atoms with van der Waals surface area (Å²) in [6.45, 7) is 7.58. The van der Waals surface area contributed by atoms with E-state index in [1.165, 1.54) is 0 Å². The Kier molecular flexibility index (Phi) is 3.27. The van der Waals surface area contributed by atoms with Crippen LogP contribution in [0.15, 0.2) is 12.2 Å². The Morgan fingerprint density at radius 3 is 2.52 bits per heavy atom. The molecule has 4 saturated carbocycles. The molecule has 138 valence electrons. The van der Waals surface area contributed by atoms with Crippen molar-refractivity contribution in [1.82, 2.24) is 0 Å². The molecule has 1 spiro atoms. The van der Waals surface area contributed by atoms with Crippen LogP contribution in [0.25, 0.3) is 0 Å². The highest BCUT2D eigenvalue weighted by atomic mass is 16.4. The lowest BCUT2D eigenvalue weighted by Gasteiger charge is -2.67. The van der Waals surface area contributed by atoms with E-state index in [9.17, 15) is 24.9 Å². The van der Waals surface area contributed by atoms with Crippen LogP contribution in [-0.4, -0.2) is 38.8 Å². The van der Waals surface area contributed by atoms with Gasteiger partial charge in [0.15, 0.2) is 5.78 Å². The van der Waals surface area contributed by atoms with Gasteiger partial charge in [-0.15, -0.1) is 0 Å². The largest absolute Gasteiger partial charge is 0.481 e. The van der Waals surface area contributed by atoms with Crippen molar-refractivity contribution in [2.75, 3.05) is 0 Å². The van der Waals surface area contributed by atoms with E-state index in [0.29, 0.717) is 44.1 Å². The van der Waals surface area contributed by atoms with Crippen molar-refractivity contribution < 1.29 is 24.9 Å². The minimum atomic E-state index is -1.27. The zero-order valence-electron chi connectivity index (χ0n) is 15.0. The molecular formula is C20H28O5. The van der Waals surface area contributed by atoms with E-state index >= 15 is 0 Å². The molecule has 5 heteroatoms. The number of allylic oxidation sites excluding steroid dienone is 1. The molecule has 2 bridgehead atoms. The van der Waals surface area contributed by atoms with Crippen LogP contribution in [0.4, 0.5) is 0 Å². The molecule has 1 unspecified atom stereocenters. The molecule has 3 N–H and O–H groups in total. The number of carbonyl (C=O) groups is 2. The molecule has 0 aliphatic heterocycles. The summed E-state index contributed by atoms with van der Waals surface area (Å²) in [6, 6.07) is 0. The normalized spacial score (nSPS) is 54.8. The maximum absolute atomic E-state index is 13.1. The zero-order chi connectivity index (χ0) is 18.4. The number of carbonyl (C=O) groups excluding carboxylic acids is 1. The van der Waals surface area contributed by atoms with E-state index in [0.717, 1.165) is 0 Å². The van der Waals surface area contributed by atoms with Crippen LogP contribution >= 0.6 is 0 Å². The van der Waals surface area contributed by atoms with Gasteiger partial charge >= 0.3 is 5.97 Å². The van der Waals surface area contributed by atoms with E-state index in [1.54, 1.807) is 6.92 Å². The number of carboxylic acids is 1. The van der Waals surface area contributed by atoms with Crippen LogP contribution in [0.3, 0.4) is 0 Å². The fourth-order valence-corrected chi connectivity index (χ4v) is 7.43. The molecule has 25 heavy (non-hydrogen) atoms. The van der Waals surface area contributed by atoms with Crippen LogP contribution in [0, 0.1) is 28.1 Å². The molecule has 7 atom stereocenters. The van der Waals surface area contributed by atoms with Crippen molar-refractivity contribution in [3.63, 3.8) is 0 Å². The van der Waals surface area contributed by atoms with E-state index in [-0.39, 0.29) is 18.1 Å². The van der Waals surface area contributed by atoms with Gasteiger partial charge in [-0.2, -0.15) is 0 Å². The minimum absolute atomic E-state index is 0.0922. The Morgan fingerprint density at radius 1 is 1.20 bits per heavy atom. The molecule has 4 aliphatic rings. The fourth-order valence-electron chi connectivity index (χ4n) is 7.43. The van der Waals surface area contributed by atoms with Gasteiger partial charge < -0.3 is 15.3 Å². The van der Waals surface area contributed by atoms with Gasteiger partial charge in [-0.05, 0) is 56.9 Å². The van der Waals surface area contributed by atoms with E-state index in [2.05, 4.69) is 6.58 Å². The molecule has 0 radical (unpaired) electrons. The molecule has 0 saturated heterocycles. The number of aliphatic hydroxyl groups is 2. The zero-order valence-corrected chi connectivity index (χ0v) is 15.0. The smallest absolute Gasteiger partial charge is 0.309 e. The van der Waals surface area contributed by atoms with Crippen LogP contribution in [-0.2, 0) is 9.59 Å². The van der Waals surface area contributed by atoms with Crippen molar-refractivity contribution in [2.45, 2.75) is 70.5 Å². The number of carboxylic acid groups (broad SMARTS) is 1. The Balaban J connectivity index is 1.91. The number of aliphatic carboxylic acids is 1. The second-order valence-electron chi connectivity index (χ2n) is 9.48. The first-order valence-corrected chi connectivity index (χ1v) is 9.41. The molecule has 0 amide bonds. The number of aliphatic hydroxyl groups excluding tert-OH is 1. The molecule has 0 aromatic carbocycles. The number of Topliss-reactive ketones (excluding diaryl/α,β-unsaturated/α-hetero) is 1. The maximum atomic E-state index is 13.1. The standard InChI is InChI=1S/C20H28O5/c1-11-12-5-8-20(25)18(3)7-4-6-17(2,16(23)24)14(18)13(21)10-19(20,9-12)15(11)22/h12-14,21,25H,1,4-10H2,2-3H3,(H,23,24)/t12-,13-,14?,17-,18-,19-,20-/m1/s1. The Hall–Kier alpha value is -1.20. The van der Waals surface area contributed by atoms with Crippen molar-refractivity contribution in [3.8, 4) is 0 Å². The van der Waals surface area contributed by atoms with Crippen LogP contribution < -0.4 is 0 Å². The third kappa shape index (κ3) is 1.67. The van der Waals surface area contributed by atoms with Crippen molar-refractivity contribution in [3.05, 3.63) is 12.2 Å². The summed E-state index contributed by atoms with van der Waals surface area (Å²) < 4.78 is 0. The quantitative estimate of drug-likeness (QED) is 0.632. The van der Waals surface area contributed by atoms with Gasteiger partial charge in [0, 0.05) is 11.3 Å². The first kappa shape index (κ1) is 17.2. The number of fused-ring (bicyclic) bond motifs is 3. The topological polar surface area (TPSA) is 94.8 Å². The summed E-state index contributed by atoms with van der Waals surface area (Å²) in [5, 5.41) is 32.9. The third-order valence-electron chi connectivity index (χ3n) is 8.60. The molecule has 5 nitrogen and oxygen atoms in total. The average Bonchev–Trinajstić information content (AvgIpc) is 2.73. The summed E-state index contributed by atoms with van der Waals surface area (Å²) in [5.41, 5.74) is -3.55. The molecular weight excluding hydrogens is 320 g/mol. The van der Waals surface area contributed by atoms with Gasteiger partial charge in [0.05, 0.1) is 22.5 Å². The van der Waals surface area contributed by atoms with E-state index < -0.39 is 39.8 Å². The number of hydrogen-bond acceptors (Lipinski definition) is 4. The third-order valence-corrected chi connectivity index (χ3v) is 8.60. The summed E-state index contributed by atoms with van der Waals surface area (Å²) in [6.07, 6.45) is 2.81. The van der Waals surface area contributed by atoms with Gasteiger partial charge in [-0.1, -0.05) is 19.9 Å². The number of ketones is 1. The van der Waals surface area contributed by atoms with Gasteiger partial charge in [-0.25, -0.2) is 0 Å². The summed E-state index contributed by atoms with van der Waals surface area (Å²) in [5.74, 6) is -1.48. The summed E-state index contributed by atoms with van der Waals surface area (Å²) >= 11 is 0. The minimum Gasteiger partial charge on any atom is -0.481 e. The SMILES string of the molecule is C=C1C(=O)[C@]23C[C@H]1CC[C@@]2(O)[C@]1(C)CCC[C@@](C)(C(=O)O)C1[C@H](O)C3. The monoisotopic (exact) mass is 348 g/mol. The molecule has 4 aliphatic carbocycles. The van der Waals surface area contributed by atoms with Gasteiger partial charge in [0.25, 0.3) is 0 Å². The van der Waals surface area contributed by atoms with Crippen LogP contribution in [0.5, 0.6) is 0 Å². The average molecular weight is 348 g/mol. The van der Waals surface area contributed by atoms with Crippen molar-refractivity contribution in [1.29, 1.82) is 0 Å². The van der Waals surface area contributed by atoms with Crippen LogP contribution in [0.2, 0.25) is 0 Å². The predicted octanol–water partition coefficient (Wildman–Crippen LogP) is 2.30.